The van der Waals surface area contributed by atoms with Gasteiger partial charge in [0.1, 0.15) is 10.8 Å². The summed E-state index contributed by atoms with van der Waals surface area (Å²) in [7, 11) is 0. The van der Waals surface area contributed by atoms with Crippen LogP contribution in [0.4, 0.5) is 13.2 Å². The molecule has 1 aromatic heterocycles. The van der Waals surface area contributed by atoms with Crippen molar-refractivity contribution in [2.75, 3.05) is 13.2 Å². The van der Waals surface area contributed by atoms with Crippen LogP contribution < -0.4 is 4.74 Å². The third-order valence-electron chi connectivity index (χ3n) is 4.22. The third kappa shape index (κ3) is 6.01. The summed E-state index contributed by atoms with van der Waals surface area (Å²) < 4.78 is 49.6. The van der Waals surface area contributed by atoms with E-state index in [2.05, 4.69) is 4.98 Å². The van der Waals surface area contributed by atoms with Crippen LogP contribution in [0.5, 0.6) is 5.75 Å². The third-order valence-corrected chi connectivity index (χ3v) is 6.69. The van der Waals surface area contributed by atoms with Gasteiger partial charge in [-0.2, -0.15) is 13.2 Å². The molecule has 0 saturated heterocycles. The first-order valence-corrected chi connectivity index (χ1v) is 11.0. The summed E-state index contributed by atoms with van der Waals surface area (Å²) in [5.41, 5.74) is 1.65. The molecule has 1 heterocycles. The van der Waals surface area contributed by atoms with E-state index in [1.165, 1.54) is 35.2 Å². The zero-order chi connectivity index (χ0) is 22.6. The van der Waals surface area contributed by atoms with Gasteiger partial charge in [0.05, 0.1) is 22.1 Å². The first kappa shape index (κ1) is 23.1. The Morgan fingerprint density at radius 3 is 2.45 bits per heavy atom. The zero-order valence-electron chi connectivity index (χ0n) is 17.1. The van der Waals surface area contributed by atoms with E-state index in [4.69, 9.17) is 9.47 Å². The molecule has 0 radical (unpaired) electrons. The Morgan fingerprint density at radius 1 is 1.13 bits per heavy atom. The van der Waals surface area contributed by atoms with E-state index in [0.717, 1.165) is 32.5 Å². The lowest BCUT2D eigenvalue weighted by Gasteiger charge is -2.10. The molecule has 164 valence electrons. The van der Waals surface area contributed by atoms with Crippen LogP contribution in [0, 0.1) is 13.8 Å². The normalized spacial score (nSPS) is 11.4. The van der Waals surface area contributed by atoms with Gasteiger partial charge in [-0.05, 0) is 56.7 Å². The molecule has 3 rings (SSSR count). The lowest BCUT2D eigenvalue weighted by atomic mass is 10.1. The molecule has 0 atom stereocenters. The number of esters is 1. The highest BCUT2D eigenvalue weighted by molar-refractivity contribution is 8.01. The summed E-state index contributed by atoms with van der Waals surface area (Å²) in [6.45, 7) is 5.65. The maximum atomic E-state index is 12.8. The monoisotopic (exact) mass is 467 g/mol. The van der Waals surface area contributed by atoms with Gasteiger partial charge < -0.3 is 9.47 Å². The number of hydrogen-bond donors (Lipinski definition) is 0. The molecule has 0 aliphatic carbocycles. The molecule has 0 spiro atoms. The SMILES string of the molecule is CCOC(=O)COc1ccc(Sc2sc(-c3ccc(C(F)(F)F)cc3)nc2C)cc1C. The standard InChI is InChI=1S/C22H20F3NO3S2/c1-4-28-19(27)12-29-18-10-9-17(11-13(18)2)30-21-14(3)26-20(31-21)15-5-7-16(8-6-15)22(23,24)25/h5-11H,4,12H2,1-3H3. The second-order valence-electron chi connectivity index (χ2n) is 6.59. The molecule has 4 nitrogen and oxygen atoms in total. The number of ether oxygens (including phenoxy) is 2. The Balaban J connectivity index is 1.71. The van der Waals surface area contributed by atoms with E-state index >= 15 is 0 Å². The fourth-order valence-electron chi connectivity index (χ4n) is 2.70. The fourth-order valence-corrected chi connectivity index (χ4v) is 4.97. The number of benzene rings is 2. The topological polar surface area (TPSA) is 48.4 Å². The number of nitrogens with zero attached hydrogens (tertiary/aromatic N) is 1. The summed E-state index contributed by atoms with van der Waals surface area (Å²) >= 11 is 2.95. The summed E-state index contributed by atoms with van der Waals surface area (Å²) in [6, 6.07) is 10.6. The number of aromatic nitrogens is 1. The molecule has 0 N–H and O–H groups in total. The van der Waals surface area contributed by atoms with Gasteiger partial charge in [0.25, 0.3) is 0 Å². The van der Waals surface area contributed by atoms with Crippen molar-refractivity contribution in [1.29, 1.82) is 0 Å². The molecule has 31 heavy (non-hydrogen) atoms. The van der Waals surface area contributed by atoms with E-state index in [-0.39, 0.29) is 6.61 Å². The quantitative estimate of drug-likeness (QED) is 0.369. The lowest BCUT2D eigenvalue weighted by molar-refractivity contribution is -0.145. The number of carbonyl (C=O) groups is 1. The van der Waals surface area contributed by atoms with E-state index in [1.54, 1.807) is 13.0 Å². The second kappa shape index (κ2) is 9.74. The Hall–Kier alpha value is -2.52. The molecule has 0 aliphatic heterocycles. The number of thiazole rings is 1. The molecule has 0 aliphatic rings. The highest BCUT2D eigenvalue weighted by Gasteiger charge is 2.30. The fraction of sp³-hybridized carbons (Fsp3) is 0.273. The van der Waals surface area contributed by atoms with E-state index in [9.17, 15) is 18.0 Å². The minimum atomic E-state index is -4.36. The lowest BCUT2D eigenvalue weighted by Crippen LogP contribution is -2.14. The summed E-state index contributed by atoms with van der Waals surface area (Å²) in [6.07, 6.45) is -4.36. The van der Waals surface area contributed by atoms with Crippen molar-refractivity contribution in [1.82, 2.24) is 4.98 Å². The summed E-state index contributed by atoms with van der Waals surface area (Å²) in [4.78, 5) is 16.9. The number of alkyl halides is 3. The van der Waals surface area contributed by atoms with Crippen LogP contribution in [0.1, 0.15) is 23.7 Å². The summed E-state index contributed by atoms with van der Waals surface area (Å²) in [5.74, 6) is 0.181. The van der Waals surface area contributed by atoms with Gasteiger partial charge >= 0.3 is 12.1 Å². The molecule has 2 aromatic carbocycles. The Kier molecular flexibility index (Phi) is 7.27. The van der Waals surface area contributed by atoms with Crippen LogP contribution in [0.3, 0.4) is 0 Å². The molecule has 9 heteroatoms. The van der Waals surface area contributed by atoms with Crippen molar-refractivity contribution < 1.29 is 27.4 Å². The van der Waals surface area contributed by atoms with Crippen LogP contribution in [-0.2, 0) is 15.7 Å². The van der Waals surface area contributed by atoms with Gasteiger partial charge in [-0.3, -0.25) is 0 Å². The first-order chi connectivity index (χ1) is 14.7. The predicted octanol–water partition coefficient (Wildman–Crippen LogP) is 6.54. The summed E-state index contributed by atoms with van der Waals surface area (Å²) in [5, 5.41) is 0.667. The second-order valence-corrected chi connectivity index (χ2v) is 8.93. The number of rotatable bonds is 7. The van der Waals surface area contributed by atoms with E-state index in [1.807, 2.05) is 26.0 Å². The van der Waals surface area contributed by atoms with E-state index in [0.29, 0.717) is 22.9 Å². The van der Waals surface area contributed by atoms with Crippen molar-refractivity contribution in [3.8, 4) is 16.3 Å². The van der Waals surface area contributed by atoms with Crippen LogP contribution >= 0.6 is 23.1 Å². The molecule has 0 saturated carbocycles. The zero-order valence-corrected chi connectivity index (χ0v) is 18.7. The average molecular weight is 468 g/mol. The van der Waals surface area contributed by atoms with Crippen molar-refractivity contribution >= 4 is 29.1 Å². The Bertz CT molecular complexity index is 1060. The Morgan fingerprint density at radius 2 is 1.84 bits per heavy atom. The van der Waals surface area contributed by atoms with Crippen molar-refractivity contribution in [3.63, 3.8) is 0 Å². The molecule has 0 bridgehead atoms. The smallest absolute Gasteiger partial charge is 0.416 e. The number of aryl methyl sites for hydroxylation is 2. The predicted molar refractivity (Wildman–Crippen MR) is 115 cm³/mol. The first-order valence-electron chi connectivity index (χ1n) is 9.39. The molecular formula is C22H20F3NO3S2. The van der Waals surface area contributed by atoms with Gasteiger partial charge in [-0.25, -0.2) is 9.78 Å². The van der Waals surface area contributed by atoms with Crippen molar-refractivity contribution in [2.45, 2.75) is 36.1 Å². The van der Waals surface area contributed by atoms with Crippen LogP contribution in [-0.4, -0.2) is 24.2 Å². The van der Waals surface area contributed by atoms with Gasteiger partial charge in [0, 0.05) is 10.5 Å². The largest absolute Gasteiger partial charge is 0.482 e. The van der Waals surface area contributed by atoms with Crippen molar-refractivity contribution in [2.24, 2.45) is 0 Å². The van der Waals surface area contributed by atoms with Gasteiger partial charge in [-0.15, -0.1) is 11.3 Å². The highest BCUT2D eigenvalue weighted by Crippen LogP contribution is 2.40. The van der Waals surface area contributed by atoms with Crippen LogP contribution in [0.15, 0.2) is 51.6 Å². The minimum Gasteiger partial charge on any atom is -0.482 e. The average Bonchev–Trinajstić information content (AvgIpc) is 3.07. The number of hydrogen-bond acceptors (Lipinski definition) is 6. The highest BCUT2D eigenvalue weighted by atomic mass is 32.2. The van der Waals surface area contributed by atoms with Gasteiger partial charge in [0.2, 0.25) is 0 Å². The molecule has 0 amide bonds. The number of halogens is 3. The minimum absolute atomic E-state index is 0.147. The van der Waals surface area contributed by atoms with E-state index < -0.39 is 17.7 Å². The molecule has 3 aromatic rings. The maximum Gasteiger partial charge on any atom is 0.416 e. The van der Waals surface area contributed by atoms with Gasteiger partial charge in [-0.1, -0.05) is 23.9 Å². The van der Waals surface area contributed by atoms with Crippen molar-refractivity contribution in [3.05, 3.63) is 59.3 Å². The molecule has 0 unspecified atom stereocenters. The Labute approximate surface area is 186 Å². The van der Waals surface area contributed by atoms with Gasteiger partial charge in [0.15, 0.2) is 6.61 Å². The van der Waals surface area contributed by atoms with Crippen LogP contribution in [0.25, 0.3) is 10.6 Å². The van der Waals surface area contributed by atoms with Crippen LogP contribution in [0.2, 0.25) is 0 Å². The molecular weight excluding hydrogens is 447 g/mol. The number of carbonyl (C=O) groups excluding carboxylic acids is 1. The maximum absolute atomic E-state index is 12.8. The molecule has 0 fully saturated rings.